The minimum absolute atomic E-state index is 0.0408. The summed E-state index contributed by atoms with van der Waals surface area (Å²) in [4.78, 5) is 19.9. The number of pyridine rings is 1. The predicted octanol–water partition coefficient (Wildman–Crippen LogP) is 1.21. The molecule has 106 valence electrons. The molecule has 0 aliphatic carbocycles. The van der Waals surface area contributed by atoms with Crippen LogP contribution in [0.4, 0.5) is 4.79 Å². The molecule has 0 aromatic carbocycles. The van der Waals surface area contributed by atoms with Crippen molar-refractivity contribution in [3.05, 3.63) is 48.8 Å². The highest BCUT2D eigenvalue weighted by Gasteiger charge is 2.07. The standard InChI is InChI=1S/C14H19N5O/c1-12(10-19-9-8-15-11-19)18-14(20)17-7-5-13-4-2-3-6-16-13/h2-4,6,8-9,11-12H,5,7,10H2,1H3,(H2,17,18,20)/t12-/m0/s1. The molecule has 0 saturated carbocycles. The summed E-state index contributed by atoms with van der Waals surface area (Å²) < 4.78 is 1.93. The number of carbonyl (C=O) groups excluding carboxylic acids is 1. The third kappa shape index (κ3) is 4.72. The Bertz CT molecular complexity index is 512. The molecule has 2 N–H and O–H groups in total. The Kier molecular flexibility index (Phi) is 5.11. The van der Waals surface area contributed by atoms with Gasteiger partial charge in [-0.15, -0.1) is 0 Å². The van der Waals surface area contributed by atoms with E-state index in [4.69, 9.17) is 0 Å². The van der Waals surface area contributed by atoms with Gasteiger partial charge in [-0.05, 0) is 19.1 Å². The van der Waals surface area contributed by atoms with Crippen molar-refractivity contribution in [3.8, 4) is 0 Å². The number of hydrogen-bond donors (Lipinski definition) is 2. The number of amides is 2. The molecule has 0 saturated heterocycles. The quantitative estimate of drug-likeness (QED) is 0.831. The highest BCUT2D eigenvalue weighted by atomic mass is 16.2. The summed E-state index contributed by atoms with van der Waals surface area (Å²) in [5.74, 6) is 0. The summed E-state index contributed by atoms with van der Waals surface area (Å²) in [6, 6.07) is 5.64. The molecule has 0 aliphatic heterocycles. The lowest BCUT2D eigenvalue weighted by Gasteiger charge is -2.15. The van der Waals surface area contributed by atoms with Gasteiger partial charge in [0.2, 0.25) is 0 Å². The van der Waals surface area contributed by atoms with Crippen molar-refractivity contribution in [1.29, 1.82) is 0 Å². The van der Waals surface area contributed by atoms with Crippen molar-refractivity contribution in [1.82, 2.24) is 25.2 Å². The smallest absolute Gasteiger partial charge is 0.315 e. The van der Waals surface area contributed by atoms with Gasteiger partial charge in [0, 0.05) is 49.8 Å². The number of rotatable bonds is 6. The molecule has 2 amide bonds. The minimum Gasteiger partial charge on any atom is -0.338 e. The monoisotopic (exact) mass is 273 g/mol. The molecule has 2 aromatic heterocycles. The number of nitrogens with one attached hydrogen (secondary N) is 2. The maximum Gasteiger partial charge on any atom is 0.315 e. The van der Waals surface area contributed by atoms with Crippen LogP contribution in [0, 0.1) is 0 Å². The Morgan fingerprint density at radius 3 is 3.00 bits per heavy atom. The summed E-state index contributed by atoms with van der Waals surface area (Å²) in [7, 11) is 0. The first-order valence-corrected chi connectivity index (χ1v) is 6.64. The van der Waals surface area contributed by atoms with Gasteiger partial charge in [0.05, 0.1) is 6.33 Å². The Morgan fingerprint density at radius 1 is 1.40 bits per heavy atom. The number of hydrogen-bond acceptors (Lipinski definition) is 3. The largest absolute Gasteiger partial charge is 0.338 e. The van der Waals surface area contributed by atoms with Crippen LogP contribution in [0.3, 0.4) is 0 Å². The molecular formula is C14H19N5O. The fourth-order valence-corrected chi connectivity index (χ4v) is 1.88. The zero-order chi connectivity index (χ0) is 14.2. The Balaban J connectivity index is 1.65. The normalized spacial score (nSPS) is 11.8. The van der Waals surface area contributed by atoms with Crippen molar-refractivity contribution in [2.75, 3.05) is 6.54 Å². The van der Waals surface area contributed by atoms with Crippen LogP contribution in [-0.4, -0.2) is 33.2 Å². The lowest BCUT2D eigenvalue weighted by molar-refractivity contribution is 0.236. The van der Waals surface area contributed by atoms with Gasteiger partial charge in [0.25, 0.3) is 0 Å². The highest BCUT2D eigenvalue weighted by Crippen LogP contribution is 1.94. The third-order valence-corrected chi connectivity index (χ3v) is 2.81. The van der Waals surface area contributed by atoms with Crippen molar-refractivity contribution >= 4 is 6.03 Å². The first-order chi connectivity index (χ1) is 9.74. The van der Waals surface area contributed by atoms with Crippen LogP contribution in [0.15, 0.2) is 43.1 Å². The fraction of sp³-hybridized carbons (Fsp3) is 0.357. The minimum atomic E-state index is -0.159. The van der Waals surface area contributed by atoms with Gasteiger partial charge < -0.3 is 15.2 Å². The van der Waals surface area contributed by atoms with E-state index in [0.717, 1.165) is 12.1 Å². The molecule has 0 bridgehead atoms. The SMILES string of the molecule is C[C@@H](Cn1ccnc1)NC(=O)NCCc1ccccn1. The van der Waals surface area contributed by atoms with Crippen LogP contribution >= 0.6 is 0 Å². The molecule has 0 radical (unpaired) electrons. The van der Waals surface area contributed by atoms with Crippen molar-refractivity contribution < 1.29 is 4.79 Å². The Morgan fingerprint density at radius 2 is 2.30 bits per heavy atom. The summed E-state index contributed by atoms with van der Waals surface area (Å²) >= 11 is 0. The Hall–Kier alpha value is -2.37. The van der Waals surface area contributed by atoms with Crippen LogP contribution in [-0.2, 0) is 13.0 Å². The number of carbonyl (C=O) groups is 1. The Labute approximate surface area is 118 Å². The van der Waals surface area contributed by atoms with Crippen molar-refractivity contribution in [2.45, 2.75) is 25.9 Å². The van der Waals surface area contributed by atoms with Gasteiger partial charge in [-0.25, -0.2) is 9.78 Å². The molecule has 0 aliphatic rings. The summed E-state index contributed by atoms with van der Waals surface area (Å²) in [5.41, 5.74) is 0.972. The van der Waals surface area contributed by atoms with E-state index in [-0.39, 0.29) is 12.1 Å². The van der Waals surface area contributed by atoms with E-state index in [2.05, 4.69) is 20.6 Å². The zero-order valence-electron chi connectivity index (χ0n) is 11.5. The lowest BCUT2D eigenvalue weighted by atomic mass is 10.3. The van der Waals surface area contributed by atoms with Gasteiger partial charge in [0.1, 0.15) is 0 Å². The van der Waals surface area contributed by atoms with Crippen molar-refractivity contribution in [3.63, 3.8) is 0 Å². The first-order valence-electron chi connectivity index (χ1n) is 6.64. The predicted molar refractivity (Wildman–Crippen MR) is 76.2 cm³/mol. The van der Waals surface area contributed by atoms with E-state index >= 15 is 0 Å². The molecule has 20 heavy (non-hydrogen) atoms. The van der Waals surface area contributed by atoms with Crippen LogP contribution in [0.5, 0.6) is 0 Å². The molecule has 0 unspecified atom stereocenters. The third-order valence-electron chi connectivity index (χ3n) is 2.81. The second-order valence-electron chi connectivity index (χ2n) is 4.63. The van der Waals surface area contributed by atoms with Crippen molar-refractivity contribution in [2.24, 2.45) is 0 Å². The van der Waals surface area contributed by atoms with Gasteiger partial charge in [-0.1, -0.05) is 6.07 Å². The molecular weight excluding hydrogens is 254 g/mol. The van der Waals surface area contributed by atoms with E-state index in [0.29, 0.717) is 13.1 Å². The number of imidazole rings is 1. The number of nitrogens with zero attached hydrogens (tertiary/aromatic N) is 3. The number of aromatic nitrogens is 3. The van der Waals surface area contributed by atoms with E-state index in [1.807, 2.05) is 35.9 Å². The van der Waals surface area contributed by atoms with Crippen LogP contribution in [0.2, 0.25) is 0 Å². The van der Waals surface area contributed by atoms with Gasteiger partial charge in [0.15, 0.2) is 0 Å². The summed E-state index contributed by atoms with van der Waals surface area (Å²) in [5, 5.41) is 5.71. The lowest BCUT2D eigenvalue weighted by Crippen LogP contribution is -2.43. The molecule has 6 nitrogen and oxygen atoms in total. The molecule has 2 rings (SSSR count). The number of urea groups is 1. The van der Waals surface area contributed by atoms with E-state index in [1.165, 1.54) is 0 Å². The average molecular weight is 273 g/mol. The summed E-state index contributed by atoms with van der Waals surface area (Å²) in [6.07, 6.45) is 7.81. The average Bonchev–Trinajstić information content (AvgIpc) is 2.92. The van der Waals surface area contributed by atoms with Gasteiger partial charge in [-0.3, -0.25) is 4.98 Å². The molecule has 1 atom stereocenters. The maximum absolute atomic E-state index is 11.7. The maximum atomic E-state index is 11.7. The van der Waals surface area contributed by atoms with Crippen LogP contribution < -0.4 is 10.6 Å². The molecule has 0 spiro atoms. The molecule has 2 heterocycles. The molecule has 6 heteroatoms. The second-order valence-corrected chi connectivity index (χ2v) is 4.63. The topological polar surface area (TPSA) is 71.8 Å². The fourth-order valence-electron chi connectivity index (χ4n) is 1.88. The highest BCUT2D eigenvalue weighted by molar-refractivity contribution is 5.74. The van der Waals surface area contributed by atoms with Gasteiger partial charge >= 0.3 is 6.03 Å². The van der Waals surface area contributed by atoms with E-state index < -0.39 is 0 Å². The van der Waals surface area contributed by atoms with Crippen LogP contribution in [0.1, 0.15) is 12.6 Å². The second kappa shape index (κ2) is 7.28. The molecule has 2 aromatic rings. The van der Waals surface area contributed by atoms with E-state index in [9.17, 15) is 4.79 Å². The molecule has 0 fully saturated rings. The summed E-state index contributed by atoms with van der Waals surface area (Å²) in [6.45, 7) is 3.23. The first kappa shape index (κ1) is 14.0. The zero-order valence-corrected chi connectivity index (χ0v) is 11.5. The van der Waals surface area contributed by atoms with E-state index in [1.54, 1.807) is 18.7 Å². The van der Waals surface area contributed by atoms with Gasteiger partial charge in [-0.2, -0.15) is 0 Å². The van der Waals surface area contributed by atoms with Crippen LogP contribution in [0.25, 0.3) is 0 Å².